The second-order valence-electron chi connectivity index (χ2n) is 8.55. The van der Waals surface area contributed by atoms with Crippen LogP contribution < -0.4 is 5.32 Å². The van der Waals surface area contributed by atoms with Crippen LogP contribution in [0.5, 0.6) is 0 Å². The molecule has 1 N–H and O–H groups in total. The zero-order valence-corrected chi connectivity index (χ0v) is 17.0. The number of aryl methyl sites for hydroxylation is 1. The quantitative estimate of drug-likeness (QED) is 0.837. The first-order valence-electron chi connectivity index (χ1n) is 10.5. The molecule has 2 aliphatic heterocycles. The third-order valence-corrected chi connectivity index (χ3v) is 6.70. The van der Waals surface area contributed by atoms with Gasteiger partial charge in [0.15, 0.2) is 11.6 Å². The highest BCUT2D eigenvalue weighted by Gasteiger charge is 2.53. The van der Waals surface area contributed by atoms with Gasteiger partial charge < -0.3 is 15.0 Å². The van der Waals surface area contributed by atoms with Crippen LogP contribution in [-0.4, -0.2) is 34.9 Å². The van der Waals surface area contributed by atoms with Crippen molar-refractivity contribution in [1.82, 2.24) is 15.2 Å². The molecule has 5 nitrogen and oxygen atoms in total. The zero-order valence-electron chi connectivity index (χ0n) is 17.0. The fourth-order valence-corrected chi connectivity index (χ4v) is 4.87. The van der Waals surface area contributed by atoms with Gasteiger partial charge in [-0.2, -0.15) is 0 Å². The lowest BCUT2D eigenvalue weighted by atomic mass is 9.75. The Morgan fingerprint density at radius 1 is 1.33 bits per heavy atom. The minimum atomic E-state index is -0.913. The van der Waals surface area contributed by atoms with E-state index in [-0.39, 0.29) is 18.6 Å². The van der Waals surface area contributed by atoms with Gasteiger partial charge in [0, 0.05) is 31.0 Å². The van der Waals surface area contributed by atoms with Crippen molar-refractivity contribution in [1.29, 1.82) is 0 Å². The monoisotopic (exact) mass is 413 g/mol. The lowest BCUT2D eigenvalue weighted by Gasteiger charge is -2.43. The van der Waals surface area contributed by atoms with E-state index < -0.39 is 23.2 Å². The number of piperidine rings is 1. The number of carbonyl (C=O) groups excluding carboxylic acids is 1. The highest BCUT2D eigenvalue weighted by atomic mass is 19.2. The number of carbonyl (C=O) groups is 1. The molecule has 30 heavy (non-hydrogen) atoms. The highest BCUT2D eigenvalue weighted by Crippen LogP contribution is 2.48. The molecule has 3 heterocycles. The van der Waals surface area contributed by atoms with Gasteiger partial charge >= 0.3 is 0 Å². The van der Waals surface area contributed by atoms with Crippen LogP contribution >= 0.6 is 0 Å². The number of rotatable bonds is 4. The van der Waals surface area contributed by atoms with E-state index in [9.17, 15) is 13.6 Å². The zero-order chi connectivity index (χ0) is 20.9. The van der Waals surface area contributed by atoms with Crippen LogP contribution in [0, 0.1) is 24.5 Å². The number of hydrogen-bond donors (Lipinski definition) is 1. The van der Waals surface area contributed by atoms with E-state index in [0.29, 0.717) is 37.2 Å². The van der Waals surface area contributed by atoms with Crippen molar-refractivity contribution >= 4 is 5.91 Å². The molecule has 2 aromatic rings. The Morgan fingerprint density at radius 3 is 2.90 bits per heavy atom. The number of fused-ring (bicyclic) bond motifs is 2. The normalized spacial score (nSPS) is 25.4. The van der Waals surface area contributed by atoms with Gasteiger partial charge in [0.05, 0.1) is 12.5 Å². The summed E-state index contributed by atoms with van der Waals surface area (Å²) in [4.78, 5) is 20.1. The number of amides is 1. The number of hydrogen-bond acceptors (Lipinski definition) is 4. The molecule has 1 amide bonds. The van der Waals surface area contributed by atoms with Crippen molar-refractivity contribution in [3.8, 4) is 0 Å². The Bertz CT molecular complexity index is 994. The molecule has 5 rings (SSSR count). The predicted molar refractivity (Wildman–Crippen MR) is 106 cm³/mol. The number of ether oxygens (including phenoxy) is 1. The minimum Gasteiger partial charge on any atom is -0.365 e. The van der Waals surface area contributed by atoms with Crippen molar-refractivity contribution in [2.75, 3.05) is 13.1 Å². The Kier molecular flexibility index (Phi) is 4.82. The second kappa shape index (κ2) is 7.39. The molecule has 158 valence electrons. The Hall–Kier alpha value is -2.38. The lowest BCUT2D eigenvalue weighted by Crippen LogP contribution is -2.55. The fourth-order valence-electron chi connectivity index (χ4n) is 4.87. The maximum absolute atomic E-state index is 14.1. The van der Waals surface area contributed by atoms with Gasteiger partial charge in [-0.1, -0.05) is 6.07 Å². The van der Waals surface area contributed by atoms with Crippen LogP contribution in [-0.2, 0) is 28.3 Å². The van der Waals surface area contributed by atoms with Gasteiger partial charge in [-0.3, -0.25) is 9.78 Å². The molecular formula is C23H25F2N3O2. The molecule has 1 saturated heterocycles. The molecule has 3 aliphatic rings. The topological polar surface area (TPSA) is 54.5 Å². The third-order valence-electron chi connectivity index (χ3n) is 6.70. The van der Waals surface area contributed by atoms with Crippen LogP contribution in [0.25, 0.3) is 0 Å². The van der Waals surface area contributed by atoms with Gasteiger partial charge in [-0.15, -0.1) is 0 Å². The van der Waals surface area contributed by atoms with Gasteiger partial charge in [-0.05, 0) is 67.6 Å². The molecule has 2 fully saturated rings. The maximum Gasteiger partial charge on any atom is 0.230 e. The Balaban J connectivity index is 1.50. The summed E-state index contributed by atoms with van der Waals surface area (Å²) in [5.74, 6) is -2.26. The van der Waals surface area contributed by atoms with Crippen molar-refractivity contribution in [3.05, 3.63) is 64.5 Å². The first-order valence-corrected chi connectivity index (χ1v) is 10.5. The third kappa shape index (κ3) is 3.20. The van der Waals surface area contributed by atoms with Crippen LogP contribution in [0.15, 0.2) is 30.5 Å². The number of halogens is 2. The number of nitrogens with one attached hydrogen (secondary N) is 1. The standard InChI is InChI=1S/C23H25F2N3O2/c1-14-15(3-2-7-27-14)12-28(17-4-5-17)22(29)19-11-26-8-6-23(19)18-10-21(25)20(24)9-16(18)13-30-23/h2-3,7,9-10,17,19,26H,4-6,8,11-13H2,1H3/t19?,23-/m0/s1. The van der Waals surface area contributed by atoms with E-state index in [1.54, 1.807) is 6.20 Å². The van der Waals surface area contributed by atoms with Crippen LogP contribution in [0.1, 0.15) is 41.6 Å². The summed E-state index contributed by atoms with van der Waals surface area (Å²) in [5.41, 5.74) is 2.27. The van der Waals surface area contributed by atoms with Crippen LogP contribution in [0.2, 0.25) is 0 Å². The summed E-state index contributed by atoms with van der Waals surface area (Å²) >= 11 is 0. The van der Waals surface area contributed by atoms with E-state index in [4.69, 9.17) is 4.74 Å². The second-order valence-corrected chi connectivity index (χ2v) is 8.55. The lowest BCUT2D eigenvalue weighted by molar-refractivity contribution is -0.157. The van der Waals surface area contributed by atoms with E-state index in [1.165, 1.54) is 12.1 Å². The molecule has 1 unspecified atom stereocenters. The summed E-state index contributed by atoms with van der Waals surface area (Å²) in [6, 6.07) is 6.53. The molecule has 1 aromatic carbocycles. The summed E-state index contributed by atoms with van der Waals surface area (Å²) in [6.07, 6.45) is 4.26. The van der Waals surface area contributed by atoms with Gasteiger partial charge in [-0.25, -0.2) is 8.78 Å². The summed E-state index contributed by atoms with van der Waals surface area (Å²) in [7, 11) is 0. The number of pyridine rings is 1. The molecule has 1 aromatic heterocycles. The van der Waals surface area contributed by atoms with Gasteiger partial charge in [0.25, 0.3) is 0 Å². The molecular weight excluding hydrogens is 388 g/mol. The van der Waals surface area contributed by atoms with Crippen molar-refractivity contribution in [3.63, 3.8) is 0 Å². The minimum absolute atomic E-state index is 0.00513. The van der Waals surface area contributed by atoms with E-state index in [1.807, 2.05) is 24.0 Å². The van der Waals surface area contributed by atoms with Crippen LogP contribution in [0.3, 0.4) is 0 Å². The largest absolute Gasteiger partial charge is 0.365 e. The smallest absolute Gasteiger partial charge is 0.230 e. The van der Waals surface area contributed by atoms with E-state index in [2.05, 4.69) is 10.3 Å². The Labute approximate surface area is 174 Å². The molecule has 0 radical (unpaired) electrons. The first-order chi connectivity index (χ1) is 14.5. The number of benzene rings is 1. The Morgan fingerprint density at radius 2 is 2.13 bits per heavy atom. The summed E-state index contributed by atoms with van der Waals surface area (Å²) in [5, 5.41) is 3.31. The highest BCUT2D eigenvalue weighted by molar-refractivity contribution is 5.82. The molecule has 1 spiro atoms. The summed E-state index contributed by atoms with van der Waals surface area (Å²) < 4.78 is 34.1. The first kappa shape index (κ1) is 19.6. The van der Waals surface area contributed by atoms with Crippen LogP contribution in [0.4, 0.5) is 8.78 Å². The molecule has 1 aliphatic carbocycles. The SMILES string of the molecule is Cc1ncccc1CN(C(=O)C1CNCC[C@@]12OCc1cc(F)c(F)cc12)C1CC1. The van der Waals surface area contributed by atoms with Gasteiger partial charge in [0.2, 0.25) is 5.91 Å². The summed E-state index contributed by atoms with van der Waals surface area (Å²) in [6.45, 7) is 3.75. The average Bonchev–Trinajstić information content (AvgIpc) is 3.53. The molecule has 0 bridgehead atoms. The van der Waals surface area contributed by atoms with Gasteiger partial charge in [0.1, 0.15) is 5.60 Å². The predicted octanol–water partition coefficient (Wildman–Crippen LogP) is 3.19. The maximum atomic E-state index is 14.1. The number of nitrogens with zero attached hydrogens (tertiary/aromatic N) is 2. The van der Waals surface area contributed by atoms with E-state index >= 15 is 0 Å². The number of aromatic nitrogens is 1. The molecule has 7 heteroatoms. The van der Waals surface area contributed by atoms with E-state index in [0.717, 1.165) is 24.1 Å². The average molecular weight is 413 g/mol. The fraction of sp³-hybridized carbons (Fsp3) is 0.478. The van der Waals surface area contributed by atoms with Crippen molar-refractivity contribution in [2.24, 2.45) is 5.92 Å². The molecule has 1 saturated carbocycles. The van der Waals surface area contributed by atoms with Crippen molar-refractivity contribution < 1.29 is 18.3 Å². The molecule has 2 atom stereocenters. The van der Waals surface area contributed by atoms with Crippen molar-refractivity contribution in [2.45, 2.75) is 51.0 Å².